The highest BCUT2D eigenvalue weighted by atomic mass is 16.5. The molecule has 3 nitrogen and oxygen atoms in total. The summed E-state index contributed by atoms with van der Waals surface area (Å²) >= 11 is 0. The lowest BCUT2D eigenvalue weighted by atomic mass is 10.1. The van der Waals surface area contributed by atoms with Crippen LogP contribution >= 0.6 is 0 Å². The number of phenolic OH excluding ortho intramolecular Hbond substituents is 2. The summed E-state index contributed by atoms with van der Waals surface area (Å²) in [5.41, 5.74) is 0.969. The Balaban J connectivity index is 2.39. The van der Waals surface area contributed by atoms with Gasteiger partial charge in [-0.2, -0.15) is 0 Å². The molecule has 3 heteroatoms. The van der Waals surface area contributed by atoms with Crippen molar-refractivity contribution in [2.45, 2.75) is 19.8 Å². The Kier molecular flexibility index (Phi) is 4.26. The molecule has 0 saturated carbocycles. The molecule has 0 amide bonds. The lowest BCUT2D eigenvalue weighted by Crippen LogP contribution is -1.99. The van der Waals surface area contributed by atoms with Gasteiger partial charge in [-0.25, -0.2) is 0 Å². The molecular formula is C11H16O3. The molecule has 0 bridgehead atoms. The van der Waals surface area contributed by atoms with E-state index in [-0.39, 0.29) is 11.5 Å². The fourth-order valence-electron chi connectivity index (χ4n) is 1.16. The van der Waals surface area contributed by atoms with Crippen molar-refractivity contribution in [1.82, 2.24) is 0 Å². The molecular weight excluding hydrogens is 180 g/mol. The van der Waals surface area contributed by atoms with Crippen molar-refractivity contribution < 1.29 is 14.9 Å². The molecule has 14 heavy (non-hydrogen) atoms. The van der Waals surface area contributed by atoms with Crippen molar-refractivity contribution in [3.63, 3.8) is 0 Å². The van der Waals surface area contributed by atoms with Crippen molar-refractivity contribution in [2.24, 2.45) is 0 Å². The average Bonchev–Trinajstić information content (AvgIpc) is 2.18. The first-order valence-corrected chi connectivity index (χ1v) is 4.82. The second-order valence-corrected chi connectivity index (χ2v) is 3.19. The molecule has 0 aromatic heterocycles. The van der Waals surface area contributed by atoms with Crippen molar-refractivity contribution in [3.8, 4) is 11.5 Å². The first-order valence-electron chi connectivity index (χ1n) is 4.82. The van der Waals surface area contributed by atoms with Crippen molar-refractivity contribution in [3.05, 3.63) is 23.8 Å². The minimum atomic E-state index is -0.0803. The third-order valence-corrected chi connectivity index (χ3v) is 1.92. The second kappa shape index (κ2) is 5.50. The highest BCUT2D eigenvalue weighted by Gasteiger charge is 2.00. The SMILES string of the molecule is CCCOCCc1ccc(O)c(O)c1. The summed E-state index contributed by atoms with van der Waals surface area (Å²) in [6.45, 7) is 3.48. The van der Waals surface area contributed by atoms with Crippen molar-refractivity contribution in [2.75, 3.05) is 13.2 Å². The smallest absolute Gasteiger partial charge is 0.157 e. The maximum absolute atomic E-state index is 9.21. The third-order valence-electron chi connectivity index (χ3n) is 1.92. The first kappa shape index (κ1) is 10.9. The zero-order chi connectivity index (χ0) is 10.4. The molecule has 0 atom stereocenters. The highest BCUT2D eigenvalue weighted by molar-refractivity contribution is 5.40. The van der Waals surface area contributed by atoms with Gasteiger partial charge >= 0.3 is 0 Å². The van der Waals surface area contributed by atoms with E-state index in [1.165, 1.54) is 6.07 Å². The second-order valence-electron chi connectivity index (χ2n) is 3.19. The van der Waals surface area contributed by atoms with E-state index >= 15 is 0 Å². The summed E-state index contributed by atoms with van der Waals surface area (Å²) in [6.07, 6.45) is 1.77. The van der Waals surface area contributed by atoms with E-state index in [4.69, 9.17) is 9.84 Å². The quantitative estimate of drug-likeness (QED) is 0.560. The molecule has 0 unspecified atom stereocenters. The standard InChI is InChI=1S/C11H16O3/c1-2-6-14-7-5-9-3-4-10(12)11(13)8-9/h3-4,8,12-13H,2,5-7H2,1H3. The van der Waals surface area contributed by atoms with Gasteiger partial charge < -0.3 is 14.9 Å². The van der Waals surface area contributed by atoms with Crippen LogP contribution in [-0.2, 0) is 11.2 Å². The van der Waals surface area contributed by atoms with Crippen molar-refractivity contribution in [1.29, 1.82) is 0 Å². The highest BCUT2D eigenvalue weighted by Crippen LogP contribution is 2.24. The van der Waals surface area contributed by atoms with E-state index in [1.54, 1.807) is 12.1 Å². The van der Waals surface area contributed by atoms with Gasteiger partial charge in [0, 0.05) is 6.61 Å². The fraction of sp³-hybridized carbons (Fsp3) is 0.455. The van der Waals surface area contributed by atoms with Crippen LogP contribution < -0.4 is 0 Å². The lowest BCUT2D eigenvalue weighted by Gasteiger charge is -2.04. The van der Waals surface area contributed by atoms with E-state index in [2.05, 4.69) is 6.92 Å². The maximum atomic E-state index is 9.21. The lowest BCUT2D eigenvalue weighted by molar-refractivity contribution is 0.138. The predicted octanol–water partition coefficient (Wildman–Crippen LogP) is 2.07. The van der Waals surface area contributed by atoms with E-state index in [9.17, 15) is 5.11 Å². The van der Waals surface area contributed by atoms with Gasteiger partial charge in [-0.15, -0.1) is 0 Å². The molecule has 0 fully saturated rings. The van der Waals surface area contributed by atoms with Crippen LogP contribution in [0.5, 0.6) is 11.5 Å². The summed E-state index contributed by atoms with van der Waals surface area (Å²) in [5.74, 6) is -0.152. The summed E-state index contributed by atoms with van der Waals surface area (Å²) < 4.78 is 5.31. The molecule has 1 aromatic rings. The third kappa shape index (κ3) is 3.26. The van der Waals surface area contributed by atoms with Gasteiger partial charge in [0.2, 0.25) is 0 Å². The topological polar surface area (TPSA) is 49.7 Å². The van der Waals surface area contributed by atoms with Crippen molar-refractivity contribution >= 4 is 0 Å². The normalized spacial score (nSPS) is 10.4. The summed E-state index contributed by atoms with van der Waals surface area (Å²) in [7, 11) is 0. The summed E-state index contributed by atoms with van der Waals surface area (Å²) in [4.78, 5) is 0. The largest absolute Gasteiger partial charge is 0.504 e. The van der Waals surface area contributed by atoms with Gasteiger partial charge in [0.05, 0.1) is 6.61 Å². The maximum Gasteiger partial charge on any atom is 0.157 e. The van der Waals surface area contributed by atoms with Crippen LogP contribution in [-0.4, -0.2) is 23.4 Å². The fourth-order valence-corrected chi connectivity index (χ4v) is 1.16. The molecule has 0 aliphatic carbocycles. The van der Waals surface area contributed by atoms with Crippen LogP contribution in [0.25, 0.3) is 0 Å². The number of rotatable bonds is 5. The van der Waals surface area contributed by atoms with E-state index in [0.717, 1.165) is 25.0 Å². The molecule has 0 aliphatic heterocycles. The molecule has 0 radical (unpaired) electrons. The van der Waals surface area contributed by atoms with Crippen LogP contribution in [0.1, 0.15) is 18.9 Å². The Bertz CT molecular complexity index is 284. The van der Waals surface area contributed by atoms with Crippen LogP contribution in [0.4, 0.5) is 0 Å². The Morgan fingerprint density at radius 1 is 1.14 bits per heavy atom. The van der Waals surface area contributed by atoms with Gasteiger partial charge in [-0.3, -0.25) is 0 Å². The Hall–Kier alpha value is -1.22. The number of ether oxygens (including phenoxy) is 1. The van der Waals surface area contributed by atoms with Gasteiger partial charge in [0.15, 0.2) is 11.5 Å². The molecule has 78 valence electrons. The monoisotopic (exact) mass is 196 g/mol. The Morgan fingerprint density at radius 3 is 2.57 bits per heavy atom. The molecule has 1 aromatic carbocycles. The van der Waals surface area contributed by atoms with E-state index in [0.29, 0.717) is 6.61 Å². The van der Waals surface area contributed by atoms with Crippen LogP contribution in [0.2, 0.25) is 0 Å². The molecule has 0 saturated heterocycles. The number of hydrogen-bond acceptors (Lipinski definition) is 3. The number of benzene rings is 1. The van der Waals surface area contributed by atoms with Gasteiger partial charge in [0.1, 0.15) is 0 Å². The molecule has 1 rings (SSSR count). The number of hydrogen-bond donors (Lipinski definition) is 2. The first-order chi connectivity index (χ1) is 6.74. The van der Waals surface area contributed by atoms with Crippen LogP contribution in [0, 0.1) is 0 Å². The number of aromatic hydroxyl groups is 2. The zero-order valence-corrected chi connectivity index (χ0v) is 8.36. The minimum absolute atomic E-state index is 0.0713. The minimum Gasteiger partial charge on any atom is -0.504 e. The molecule has 0 aliphatic rings. The van der Waals surface area contributed by atoms with Gasteiger partial charge in [-0.1, -0.05) is 13.0 Å². The molecule has 0 heterocycles. The summed E-state index contributed by atoms with van der Waals surface area (Å²) in [6, 6.07) is 4.83. The van der Waals surface area contributed by atoms with Gasteiger partial charge in [0.25, 0.3) is 0 Å². The summed E-state index contributed by atoms with van der Waals surface area (Å²) in [5, 5.41) is 18.3. The Labute approximate surface area is 84.0 Å². The molecule has 0 spiro atoms. The Morgan fingerprint density at radius 2 is 1.93 bits per heavy atom. The van der Waals surface area contributed by atoms with Crippen LogP contribution in [0.3, 0.4) is 0 Å². The van der Waals surface area contributed by atoms with Crippen LogP contribution in [0.15, 0.2) is 18.2 Å². The number of phenols is 2. The molecule has 2 N–H and O–H groups in total. The van der Waals surface area contributed by atoms with Gasteiger partial charge in [-0.05, 0) is 30.5 Å². The zero-order valence-electron chi connectivity index (χ0n) is 8.36. The average molecular weight is 196 g/mol. The van der Waals surface area contributed by atoms with E-state index < -0.39 is 0 Å². The predicted molar refractivity (Wildman–Crippen MR) is 54.6 cm³/mol. The van der Waals surface area contributed by atoms with E-state index in [1.807, 2.05) is 0 Å².